The molecule has 0 radical (unpaired) electrons. The second-order valence-corrected chi connectivity index (χ2v) is 11.9. The van der Waals surface area contributed by atoms with Crippen LogP contribution >= 0.6 is 0 Å². The van der Waals surface area contributed by atoms with Crippen LogP contribution in [-0.2, 0) is 33.3 Å². The van der Waals surface area contributed by atoms with Crippen molar-refractivity contribution in [2.24, 2.45) is 17.8 Å². The third-order valence-corrected chi connectivity index (χ3v) is 8.35. The number of rotatable bonds is 18. The number of allylic oxidation sites excluding steroid dienone is 3. The summed E-state index contributed by atoms with van der Waals surface area (Å²) in [6.07, 6.45) is 10.7. The summed E-state index contributed by atoms with van der Waals surface area (Å²) >= 11 is 0. The molecule has 0 saturated carbocycles. The fourth-order valence-electron chi connectivity index (χ4n) is 6.08. The van der Waals surface area contributed by atoms with Crippen molar-refractivity contribution in [2.75, 3.05) is 13.7 Å². The van der Waals surface area contributed by atoms with Crippen LogP contribution in [0, 0.1) is 17.8 Å². The zero-order valence-corrected chi connectivity index (χ0v) is 25.4. The largest absolute Gasteiger partial charge is 0.480 e. The highest BCUT2D eigenvalue weighted by molar-refractivity contribution is 5.83. The number of carbonyl (C=O) groups excluding carboxylic acids is 2. The second kappa shape index (κ2) is 16.3. The molecule has 2 aliphatic rings. The van der Waals surface area contributed by atoms with E-state index in [1.807, 2.05) is 0 Å². The van der Waals surface area contributed by atoms with Gasteiger partial charge in [0.2, 0.25) is 5.91 Å². The zero-order valence-electron chi connectivity index (χ0n) is 25.4. The summed E-state index contributed by atoms with van der Waals surface area (Å²) in [5, 5.41) is 12.0. The summed E-state index contributed by atoms with van der Waals surface area (Å²) in [6.45, 7) is 13.4. The van der Waals surface area contributed by atoms with Gasteiger partial charge in [0, 0.05) is 13.0 Å². The number of ether oxygens (including phenoxy) is 4. The molecule has 40 heavy (non-hydrogen) atoms. The molecule has 2 aliphatic heterocycles. The van der Waals surface area contributed by atoms with E-state index in [2.05, 4.69) is 69.8 Å². The van der Waals surface area contributed by atoms with Gasteiger partial charge in [0.15, 0.2) is 0 Å². The molecule has 0 aromatic rings. The van der Waals surface area contributed by atoms with Crippen molar-refractivity contribution in [2.45, 2.75) is 123 Å². The minimum Gasteiger partial charge on any atom is -0.480 e. The van der Waals surface area contributed by atoms with Gasteiger partial charge in [-0.05, 0) is 69.8 Å². The number of epoxide rings is 1. The molecule has 9 atom stereocenters. The van der Waals surface area contributed by atoms with Crippen LogP contribution in [0.4, 0.5) is 0 Å². The van der Waals surface area contributed by atoms with Gasteiger partial charge in [-0.15, -0.1) is 0 Å². The van der Waals surface area contributed by atoms with E-state index in [-0.39, 0.29) is 55.4 Å². The lowest BCUT2D eigenvalue weighted by Gasteiger charge is -2.35. The van der Waals surface area contributed by atoms with E-state index in [4.69, 9.17) is 14.2 Å². The maximum Gasteiger partial charge on any atom is 0.326 e. The first-order valence-corrected chi connectivity index (χ1v) is 14.7. The summed E-state index contributed by atoms with van der Waals surface area (Å²) in [6, 6.07) is -1.02. The van der Waals surface area contributed by atoms with Crippen molar-refractivity contribution < 1.29 is 38.4 Å². The Labute approximate surface area is 240 Å². The molecule has 0 aromatic heterocycles. The molecule has 0 bridgehead atoms. The van der Waals surface area contributed by atoms with E-state index >= 15 is 0 Å². The Hall–Kier alpha value is -2.23. The molecule has 2 saturated heterocycles. The van der Waals surface area contributed by atoms with Gasteiger partial charge in [-0.25, -0.2) is 4.79 Å². The van der Waals surface area contributed by atoms with Crippen molar-refractivity contribution >= 4 is 18.3 Å². The number of carboxylic acid groups (broad SMARTS) is 1. The van der Waals surface area contributed by atoms with Crippen molar-refractivity contribution in [3.8, 4) is 0 Å². The van der Waals surface area contributed by atoms with Crippen LogP contribution in [0.5, 0.6) is 0 Å². The predicted molar refractivity (Wildman–Crippen MR) is 153 cm³/mol. The van der Waals surface area contributed by atoms with Crippen LogP contribution in [0.25, 0.3) is 0 Å². The molecule has 9 heteroatoms. The number of hydrogen-bond donors (Lipinski definition) is 2. The number of nitrogens with one attached hydrogen (secondary N) is 1. The molecular formula is C31H51NO8. The lowest BCUT2D eigenvalue weighted by Crippen LogP contribution is -2.43. The summed E-state index contributed by atoms with van der Waals surface area (Å²) in [5.74, 6) is -0.433. The molecule has 228 valence electrons. The fraction of sp³-hybridized carbons (Fsp3) is 0.774. The van der Waals surface area contributed by atoms with Gasteiger partial charge in [-0.3, -0.25) is 9.59 Å². The fourth-order valence-corrected chi connectivity index (χ4v) is 6.08. The molecule has 2 fully saturated rings. The van der Waals surface area contributed by atoms with Gasteiger partial charge in [0.1, 0.15) is 6.04 Å². The van der Waals surface area contributed by atoms with Crippen molar-refractivity contribution in [3.63, 3.8) is 0 Å². The first kappa shape index (κ1) is 34.0. The molecule has 2 rings (SSSR count). The number of hydrogen-bond acceptors (Lipinski definition) is 7. The summed E-state index contributed by atoms with van der Waals surface area (Å²) in [7, 11) is 1.77. The molecule has 2 heterocycles. The highest BCUT2D eigenvalue weighted by Gasteiger charge is 2.56. The van der Waals surface area contributed by atoms with Gasteiger partial charge in [-0.1, -0.05) is 45.9 Å². The average molecular weight is 566 g/mol. The number of aliphatic carboxylic acids is 1. The maximum atomic E-state index is 12.6. The van der Waals surface area contributed by atoms with E-state index in [9.17, 15) is 19.5 Å². The van der Waals surface area contributed by atoms with E-state index in [0.717, 1.165) is 31.3 Å². The van der Waals surface area contributed by atoms with Crippen LogP contribution in [0.3, 0.4) is 0 Å². The first-order valence-electron chi connectivity index (χ1n) is 14.7. The Kier molecular flexibility index (Phi) is 13.8. The number of carboxylic acids is 1. The molecule has 2 N–H and O–H groups in total. The van der Waals surface area contributed by atoms with Gasteiger partial charge in [-0.2, -0.15) is 0 Å². The summed E-state index contributed by atoms with van der Waals surface area (Å²) in [4.78, 5) is 34.4. The molecule has 0 aromatic carbocycles. The Morgan fingerprint density at radius 3 is 2.60 bits per heavy atom. The van der Waals surface area contributed by atoms with Gasteiger partial charge >= 0.3 is 5.97 Å². The number of amides is 1. The number of carbonyl (C=O) groups is 3. The third-order valence-electron chi connectivity index (χ3n) is 8.35. The maximum absolute atomic E-state index is 12.6. The first-order chi connectivity index (χ1) is 18.9. The molecule has 9 nitrogen and oxygen atoms in total. The SMILES string of the molecule is CC[C@H](OC)[C@@H](C)[C@H]1O[C@]1(C)C[C@H](C)/C=C/C=C(\C)[C@H]1O[C@@H](CC(=O)N[C@H](CCCOC=O)C(=O)O)CC[C@@H]1C. The minimum atomic E-state index is -1.11. The monoisotopic (exact) mass is 565 g/mol. The smallest absolute Gasteiger partial charge is 0.326 e. The zero-order chi connectivity index (χ0) is 29.9. The van der Waals surface area contributed by atoms with Crippen molar-refractivity contribution in [1.29, 1.82) is 0 Å². The molecule has 0 unspecified atom stereocenters. The Balaban J connectivity index is 1.86. The van der Waals surface area contributed by atoms with E-state index in [1.165, 1.54) is 0 Å². The highest BCUT2D eigenvalue weighted by Crippen LogP contribution is 2.47. The summed E-state index contributed by atoms with van der Waals surface area (Å²) in [5.41, 5.74) is 0.983. The Morgan fingerprint density at radius 2 is 1.98 bits per heavy atom. The molecule has 0 aliphatic carbocycles. The minimum absolute atomic E-state index is 0.100. The lowest BCUT2D eigenvalue weighted by atomic mass is 9.86. The molecule has 0 spiro atoms. The van der Waals surface area contributed by atoms with Crippen LogP contribution in [-0.4, -0.2) is 73.2 Å². The van der Waals surface area contributed by atoms with Crippen molar-refractivity contribution in [1.82, 2.24) is 5.32 Å². The topological polar surface area (TPSA) is 124 Å². The Morgan fingerprint density at radius 1 is 1.25 bits per heavy atom. The normalized spacial score (nSPS) is 29.8. The summed E-state index contributed by atoms with van der Waals surface area (Å²) < 4.78 is 22.7. The van der Waals surface area contributed by atoms with Crippen LogP contribution < -0.4 is 5.32 Å². The quantitative estimate of drug-likeness (QED) is 0.105. The standard InChI is InChI=1S/C31H51NO8/c1-8-26(37-7)23(5)29-31(6,40-29)18-20(2)11-9-12-21(3)28-22(4)14-15-24(39-28)17-27(34)32-25(30(35)36)13-10-16-38-19-33/h9,11-12,19-20,22-26,28-29H,8,10,13-18H2,1-7H3,(H,32,34)(H,35,36)/b11-9+,21-12+/t20-,22+,23-,24-,25-,26+,28-,29-,31-/m1/s1. The lowest BCUT2D eigenvalue weighted by molar-refractivity contribution is -0.143. The van der Waals surface area contributed by atoms with Crippen LogP contribution in [0.2, 0.25) is 0 Å². The predicted octanol–water partition coefficient (Wildman–Crippen LogP) is 4.83. The van der Waals surface area contributed by atoms with Crippen molar-refractivity contribution in [3.05, 3.63) is 23.8 Å². The molecular weight excluding hydrogens is 514 g/mol. The van der Waals surface area contributed by atoms with Gasteiger partial charge < -0.3 is 29.4 Å². The third kappa shape index (κ3) is 10.3. The van der Waals surface area contributed by atoms with E-state index < -0.39 is 12.0 Å². The Bertz CT molecular complexity index is 885. The molecule has 1 amide bonds. The second-order valence-electron chi connectivity index (χ2n) is 11.9. The van der Waals surface area contributed by atoms with Crippen LogP contribution in [0.15, 0.2) is 23.8 Å². The van der Waals surface area contributed by atoms with Gasteiger partial charge in [0.05, 0.1) is 43.0 Å². The highest BCUT2D eigenvalue weighted by atomic mass is 16.6. The van der Waals surface area contributed by atoms with E-state index in [0.29, 0.717) is 30.6 Å². The van der Waals surface area contributed by atoms with E-state index in [1.54, 1.807) is 7.11 Å². The number of methoxy groups -OCH3 is 1. The van der Waals surface area contributed by atoms with Crippen LogP contribution in [0.1, 0.15) is 86.5 Å². The average Bonchev–Trinajstić information content (AvgIpc) is 3.57. The van der Waals surface area contributed by atoms with Gasteiger partial charge in [0.25, 0.3) is 6.47 Å².